The summed E-state index contributed by atoms with van der Waals surface area (Å²) in [6.07, 6.45) is 1.87. The molecule has 1 aromatic heterocycles. The van der Waals surface area contributed by atoms with E-state index < -0.39 is 0 Å². The Balaban J connectivity index is 2.49. The summed E-state index contributed by atoms with van der Waals surface area (Å²) in [5.74, 6) is 0. The van der Waals surface area contributed by atoms with Crippen LogP contribution in [0.1, 0.15) is 0 Å². The molecule has 13 heavy (non-hydrogen) atoms. The van der Waals surface area contributed by atoms with Gasteiger partial charge in [-0.2, -0.15) is 0 Å². The summed E-state index contributed by atoms with van der Waals surface area (Å²) >= 11 is 0. The highest BCUT2D eigenvalue weighted by Crippen LogP contribution is 2.06. The number of aliphatic hydroxyl groups is 1. The lowest BCUT2D eigenvalue weighted by Gasteiger charge is -1.94. The molecule has 0 fully saturated rings. The van der Waals surface area contributed by atoms with Crippen molar-refractivity contribution in [1.29, 1.82) is 0 Å². The molecule has 0 bridgehead atoms. The summed E-state index contributed by atoms with van der Waals surface area (Å²) in [5, 5.41) is 14.2. The van der Waals surface area contributed by atoms with Crippen molar-refractivity contribution in [3.05, 3.63) is 36.5 Å². The predicted molar refractivity (Wildman–Crippen MR) is 49.0 cm³/mol. The number of hydrogen-bond donors (Lipinski definition) is 1. The first-order valence-corrected chi connectivity index (χ1v) is 4.26. The molecule has 0 saturated carbocycles. The zero-order chi connectivity index (χ0) is 9.10. The first-order chi connectivity index (χ1) is 6.40. The highest BCUT2D eigenvalue weighted by molar-refractivity contribution is 5.76. The number of rotatable bonds is 2. The van der Waals surface area contributed by atoms with Gasteiger partial charge in [0.05, 0.1) is 0 Å². The molecule has 0 saturated heterocycles. The summed E-state index contributed by atoms with van der Waals surface area (Å²) < 4.78 is 1.74. The molecule has 0 aliphatic heterocycles. The Morgan fingerprint density at radius 1 is 1.23 bits per heavy atom. The Morgan fingerprint density at radius 3 is 2.92 bits per heavy atom. The molecule has 0 aliphatic carbocycles. The highest BCUT2D eigenvalue weighted by Gasteiger charge is 2.02. The van der Waals surface area contributed by atoms with E-state index in [9.17, 15) is 0 Å². The SMILES string of the molecule is OCC[n+]1ccc2ccccc2n1. The van der Waals surface area contributed by atoms with Crippen LogP contribution in [0.5, 0.6) is 0 Å². The van der Waals surface area contributed by atoms with Crippen molar-refractivity contribution >= 4 is 10.9 Å². The van der Waals surface area contributed by atoms with Gasteiger partial charge in [-0.15, -0.1) is 0 Å². The van der Waals surface area contributed by atoms with Crippen LogP contribution < -0.4 is 4.68 Å². The summed E-state index contributed by atoms with van der Waals surface area (Å²) in [6, 6.07) is 9.92. The smallest absolute Gasteiger partial charge is 0.197 e. The van der Waals surface area contributed by atoms with Crippen LogP contribution in [0.3, 0.4) is 0 Å². The van der Waals surface area contributed by atoms with Crippen molar-refractivity contribution < 1.29 is 9.79 Å². The Labute approximate surface area is 76.3 Å². The Kier molecular flexibility index (Phi) is 2.19. The van der Waals surface area contributed by atoms with Crippen molar-refractivity contribution in [3.63, 3.8) is 0 Å². The molecule has 66 valence electrons. The van der Waals surface area contributed by atoms with Crippen molar-refractivity contribution in [1.82, 2.24) is 5.10 Å². The number of hydrogen-bond acceptors (Lipinski definition) is 2. The molecular weight excluding hydrogens is 164 g/mol. The van der Waals surface area contributed by atoms with Gasteiger partial charge in [-0.3, -0.25) is 0 Å². The maximum Gasteiger partial charge on any atom is 0.197 e. The minimum absolute atomic E-state index is 0.121. The second-order valence-electron chi connectivity index (χ2n) is 2.86. The van der Waals surface area contributed by atoms with Crippen LogP contribution in [0.15, 0.2) is 36.5 Å². The molecule has 0 spiro atoms. The molecule has 3 nitrogen and oxygen atoms in total. The van der Waals surface area contributed by atoms with E-state index in [2.05, 4.69) is 5.10 Å². The molecule has 0 atom stereocenters. The molecule has 2 rings (SSSR count). The van der Waals surface area contributed by atoms with Crippen molar-refractivity contribution in [2.75, 3.05) is 6.61 Å². The number of benzene rings is 1. The number of aromatic nitrogens is 2. The fourth-order valence-electron chi connectivity index (χ4n) is 1.28. The van der Waals surface area contributed by atoms with Gasteiger partial charge in [-0.25, -0.2) is 0 Å². The first-order valence-electron chi connectivity index (χ1n) is 4.26. The number of nitrogens with zero attached hydrogens (tertiary/aromatic N) is 2. The molecule has 0 unspecified atom stereocenters. The predicted octanol–water partition coefficient (Wildman–Crippen LogP) is 0.515. The van der Waals surface area contributed by atoms with Crippen LogP contribution in [0.4, 0.5) is 0 Å². The van der Waals surface area contributed by atoms with Crippen molar-refractivity contribution in [3.8, 4) is 0 Å². The molecule has 0 radical (unpaired) electrons. The van der Waals surface area contributed by atoms with E-state index in [-0.39, 0.29) is 6.61 Å². The van der Waals surface area contributed by atoms with E-state index in [1.165, 1.54) is 0 Å². The summed E-state index contributed by atoms with van der Waals surface area (Å²) in [4.78, 5) is 0. The minimum atomic E-state index is 0.121. The zero-order valence-corrected chi connectivity index (χ0v) is 7.22. The van der Waals surface area contributed by atoms with Crippen molar-refractivity contribution in [2.24, 2.45) is 0 Å². The average molecular weight is 175 g/mol. The van der Waals surface area contributed by atoms with Crippen LogP contribution in [-0.2, 0) is 6.54 Å². The largest absolute Gasteiger partial charge is 0.390 e. The average Bonchev–Trinajstić information content (AvgIpc) is 2.18. The molecule has 1 N–H and O–H groups in total. The molecule has 0 amide bonds. The van der Waals surface area contributed by atoms with Crippen LogP contribution in [0.2, 0.25) is 0 Å². The Bertz CT molecular complexity index is 414. The van der Waals surface area contributed by atoms with Crippen LogP contribution in [0, 0.1) is 0 Å². The van der Waals surface area contributed by atoms with Gasteiger partial charge in [0.2, 0.25) is 0 Å². The number of aliphatic hydroxyl groups excluding tert-OH is 1. The molecule has 3 heteroatoms. The van der Waals surface area contributed by atoms with Crippen LogP contribution >= 0.6 is 0 Å². The van der Waals surface area contributed by atoms with Crippen LogP contribution in [-0.4, -0.2) is 16.8 Å². The second-order valence-corrected chi connectivity index (χ2v) is 2.86. The van der Waals surface area contributed by atoms with Gasteiger partial charge < -0.3 is 5.11 Å². The van der Waals surface area contributed by atoms with E-state index in [0.29, 0.717) is 6.54 Å². The van der Waals surface area contributed by atoms with Gasteiger partial charge in [0.1, 0.15) is 12.1 Å². The lowest BCUT2D eigenvalue weighted by molar-refractivity contribution is -0.752. The topological polar surface area (TPSA) is 37.0 Å². The molecule has 2 aromatic rings. The van der Waals surface area contributed by atoms with E-state index in [4.69, 9.17) is 5.11 Å². The third-order valence-electron chi connectivity index (χ3n) is 1.93. The monoisotopic (exact) mass is 175 g/mol. The lowest BCUT2D eigenvalue weighted by Crippen LogP contribution is -2.38. The molecule has 1 aromatic carbocycles. The third-order valence-corrected chi connectivity index (χ3v) is 1.93. The van der Waals surface area contributed by atoms with E-state index >= 15 is 0 Å². The van der Waals surface area contributed by atoms with Gasteiger partial charge in [-0.05, 0) is 6.07 Å². The molecule has 1 heterocycles. The first kappa shape index (κ1) is 8.13. The fraction of sp³-hybridized carbons (Fsp3) is 0.200. The third kappa shape index (κ3) is 1.65. The van der Waals surface area contributed by atoms with Gasteiger partial charge in [0, 0.05) is 16.6 Å². The summed E-state index contributed by atoms with van der Waals surface area (Å²) in [7, 11) is 0. The summed E-state index contributed by atoms with van der Waals surface area (Å²) in [5.41, 5.74) is 0.957. The Hall–Kier alpha value is -1.48. The Morgan fingerprint density at radius 2 is 2.08 bits per heavy atom. The number of fused-ring (bicyclic) bond motifs is 1. The van der Waals surface area contributed by atoms with Crippen LogP contribution in [0.25, 0.3) is 10.9 Å². The lowest BCUT2D eigenvalue weighted by atomic mass is 10.2. The second kappa shape index (κ2) is 3.49. The van der Waals surface area contributed by atoms with Gasteiger partial charge in [0.25, 0.3) is 0 Å². The maximum absolute atomic E-state index is 8.73. The standard InChI is InChI=1S/C10H11N2O/c13-8-7-12-6-5-9-3-1-2-4-10(9)11-12/h1-6,13H,7-8H2/q+1. The highest BCUT2D eigenvalue weighted by atomic mass is 16.3. The van der Waals surface area contributed by atoms with Crippen molar-refractivity contribution in [2.45, 2.75) is 6.54 Å². The van der Waals surface area contributed by atoms with Gasteiger partial charge in [-0.1, -0.05) is 22.9 Å². The van der Waals surface area contributed by atoms with Gasteiger partial charge in [0.15, 0.2) is 12.7 Å². The van der Waals surface area contributed by atoms with E-state index in [1.807, 2.05) is 36.5 Å². The summed E-state index contributed by atoms with van der Waals surface area (Å²) in [6.45, 7) is 0.668. The quantitative estimate of drug-likeness (QED) is 0.675. The maximum atomic E-state index is 8.73. The fourth-order valence-corrected chi connectivity index (χ4v) is 1.28. The normalized spacial score (nSPS) is 10.5. The van der Waals surface area contributed by atoms with Gasteiger partial charge >= 0.3 is 0 Å². The molecular formula is C10H11N2O+. The molecule has 0 aliphatic rings. The van der Waals surface area contributed by atoms with E-state index in [0.717, 1.165) is 10.9 Å². The zero-order valence-electron chi connectivity index (χ0n) is 7.22. The minimum Gasteiger partial charge on any atom is -0.390 e. The van der Waals surface area contributed by atoms with E-state index in [1.54, 1.807) is 4.68 Å².